The Kier molecular flexibility index (Phi) is 5.12. The van der Waals surface area contributed by atoms with Crippen molar-refractivity contribution in [3.05, 3.63) is 64.7 Å². The first-order valence-electron chi connectivity index (χ1n) is 6.48. The Hall–Kier alpha value is -2.40. The van der Waals surface area contributed by atoms with Crippen molar-refractivity contribution in [2.75, 3.05) is 18.6 Å². The largest absolute Gasteiger partial charge is 0.410 e. The van der Waals surface area contributed by atoms with Gasteiger partial charge < -0.3 is 10.1 Å². The number of hydrogen-bond acceptors (Lipinski definition) is 3. The van der Waals surface area contributed by atoms with Crippen molar-refractivity contribution in [3.63, 3.8) is 0 Å². The Morgan fingerprint density at radius 2 is 1.95 bits per heavy atom. The molecule has 2 rings (SSSR count). The summed E-state index contributed by atoms with van der Waals surface area (Å²) in [6.45, 7) is -1.12. The highest BCUT2D eigenvalue weighted by atomic mass is 35.5. The minimum atomic E-state index is -1.12. The summed E-state index contributed by atoms with van der Waals surface area (Å²) in [5.74, 6) is -0.700. The average Bonchev–Trinajstić information content (AvgIpc) is 2.55. The highest BCUT2D eigenvalue weighted by molar-refractivity contribution is 6.31. The lowest BCUT2D eigenvalue weighted by Crippen LogP contribution is -2.29. The number of nitrogens with zero attached hydrogens (tertiary/aromatic N) is 2. The summed E-state index contributed by atoms with van der Waals surface area (Å²) in [6.07, 6.45) is 0. The molecule has 0 unspecified atom stereocenters. The van der Waals surface area contributed by atoms with Gasteiger partial charge in [0, 0.05) is 23.2 Å². The first-order valence-corrected chi connectivity index (χ1v) is 6.86. The van der Waals surface area contributed by atoms with Gasteiger partial charge in [-0.2, -0.15) is 0 Å². The van der Waals surface area contributed by atoms with Crippen LogP contribution in [0.3, 0.4) is 0 Å². The van der Waals surface area contributed by atoms with Gasteiger partial charge in [-0.3, -0.25) is 4.79 Å². The molecule has 6 heteroatoms. The molecule has 0 atom stereocenters. The number of amides is 1. The quantitative estimate of drug-likeness (QED) is 0.532. The summed E-state index contributed by atoms with van der Waals surface area (Å²) >= 11 is 6.01. The summed E-state index contributed by atoms with van der Waals surface area (Å²) in [4.78, 5) is 12.8. The molecular weight excluding hydrogens is 307 g/mol. The van der Waals surface area contributed by atoms with E-state index < -0.39 is 12.6 Å². The van der Waals surface area contributed by atoms with Crippen LogP contribution in [0.5, 0.6) is 0 Å². The molecule has 0 aromatic heterocycles. The minimum absolute atomic E-state index is 0.247. The van der Waals surface area contributed by atoms with E-state index in [1.54, 1.807) is 42.5 Å². The monoisotopic (exact) mass is 320 g/mol. The highest BCUT2D eigenvalue weighted by Crippen LogP contribution is 2.27. The van der Waals surface area contributed by atoms with Gasteiger partial charge in [-0.05, 0) is 18.2 Å². The fraction of sp³-hybridized carbons (Fsp3) is 0.125. The smallest absolute Gasteiger partial charge is 0.258 e. The molecule has 0 spiro atoms. The van der Waals surface area contributed by atoms with Gasteiger partial charge in [-0.1, -0.05) is 47.1 Å². The lowest BCUT2D eigenvalue weighted by Gasteiger charge is -2.20. The van der Waals surface area contributed by atoms with Gasteiger partial charge in [-0.25, -0.2) is 4.39 Å². The molecule has 2 aromatic rings. The van der Waals surface area contributed by atoms with Gasteiger partial charge in [0.1, 0.15) is 5.71 Å². The maximum absolute atomic E-state index is 12.6. The molecule has 0 radical (unpaired) electrons. The second kappa shape index (κ2) is 7.04. The van der Waals surface area contributed by atoms with E-state index in [1.165, 1.54) is 11.9 Å². The van der Waals surface area contributed by atoms with Gasteiger partial charge in [0.25, 0.3) is 5.91 Å². The van der Waals surface area contributed by atoms with E-state index in [4.69, 9.17) is 11.6 Å². The summed E-state index contributed by atoms with van der Waals surface area (Å²) in [5.41, 5.74) is 1.74. The van der Waals surface area contributed by atoms with Gasteiger partial charge >= 0.3 is 0 Å². The average molecular weight is 321 g/mol. The highest BCUT2D eigenvalue weighted by Gasteiger charge is 2.19. The van der Waals surface area contributed by atoms with Crippen molar-refractivity contribution in [2.24, 2.45) is 5.16 Å². The molecule has 0 saturated carbocycles. The number of carbonyl (C=O) groups is 1. The molecular formula is C16H14ClFN2O2. The van der Waals surface area contributed by atoms with Crippen molar-refractivity contribution < 1.29 is 14.4 Å². The predicted octanol–water partition coefficient (Wildman–Crippen LogP) is 3.50. The Balaban J connectivity index is 2.58. The number of alkyl halides is 1. The topological polar surface area (TPSA) is 52.9 Å². The fourth-order valence-corrected chi connectivity index (χ4v) is 2.25. The second-order valence-corrected chi connectivity index (χ2v) is 5.00. The molecule has 0 fully saturated rings. The Morgan fingerprint density at radius 3 is 2.55 bits per heavy atom. The molecule has 1 N–H and O–H groups in total. The van der Waals surface area contributed by atoms with Crippen LogP contribution in [0, 0.1) is 0 Å². The Labute approximate surface area is 132 Å². The third-order valence-corrected chi connectivity index (χ3v) is 3.45. The second-order valence-electron chi connectivity index (χ2n) is 4.56. The third-order valence-electron chi connectivity index (χ3n) is 3.21. The van der Waals surface area contributed by atoms with E-state index in [0.717, 1.165) is 0 Å². The van der Waals surface area contributed by atoms with E-state index in [2.05, 4.69) is 5.16 Å². The van der Waals surface area contributed by atoms with Crippen molar-refractivity contribution >= 4 is 28.9 Å². The molecule has 4 nitrogen and oxygen atoms in total. The van der Waals surface area contributed by atoms with Crippen molar-refractivity contribution in [2.45, 2.75) is 0 Å². The lowest BCUT2D eigenvalue weighted by atomic mass is 10.00. The molecule has 0 aliphatic rings. The molecule has 2 aromatic carbocycles. The Morgan fingerprint density at radius 1 is 1.27 bits per heavy atom. The van der Waals surface area contributed by atoms with E-state index in [-0.39, 0.29) is 5.71 Å². The standard InChI is InChI=1S/C16H14ClFN2O2/c1-20(15(21)10-18)14-8-7-12(17)9-13(14)16(19-22)11-5-3-2-4-6-11/h2-9,22H,10H2,1H3. The number of carbonyl (C=O) groups excluding carboxylic acids is 1. The number of hydrogen-bond donors (Lipinski definition) is 1. The summed E-state index contributed by atoms with van der Waals surface area (Å²) in [5, 5.41) is 13.1. The van der Waals surface area contributed by atoms with E-state index in [9.17, 15) is 14.4 Å². The third kappa shape index (κ3) is 3.26. The van der Waals surface area contributed by atoms with Crippen LogP contribution >= 0.6 is 11.6 Å². The number of halogens is 2. The lowest BCUT2D eigenvalue weighted by molar-refractivity contribution is -0.119. The van der Waals surface area contributed by atoms with Gasteiger partial charge in [-0.15, -0.1) is 0 Å². The van der Waals surface area contributed by atoms with Crippen LogP contribution < -0.4 is 4.90 Å². The molecule has 22 heavy (non-hydrogen) atoms. The maximum Gasteiger partial charge on any atom is 0.258 e. The number of anilines is 1. The zero-order chi connectivity index (χ0) is 16.1. The number of rotatable bonds is 4. The van der Waals surface area contributed by atoms with E-state index in [1.807, 2.05) is 6.07 Å². The molecule has 0 heterocycles. The van der Waals surface area contributed by atoms with Crippen molar-refractivity contribution in [3.8, 4) is 0 Å². The SMILES string of the molecule is CN(C(=O)CF)c1ccc(Cl)cc1C(=NO)c1ccccc1. The van der Waals surface area contributed by atoms with Crippen LogP contribution in [0.2, 0.25) is 5.02 Å². The van der Waals surface area contributed by atoms with Crippen LogP contribution in [0.1, 0.15) is 11.1 Å². The van der Waals surface area contributed by atoms with Gasteiger partial charge in [0.05, 0.1) is 5.69 Å². The van der Waals surface area contributed by atoms with Crippen LogP contribution in [-0.2, 0) is 4.79 Å². The normalized spacial score (nSPS) is 11.3. The maximum atomic E-state index is 12.6. The summed E-state index contributed by atoms with van der Waals surface area (Å²) < 4.78 is 12.6. The van der Waals surface area contributed by atoms with E-state index in [0.29, 0.717) is 21.8 Å². The Bertz CT molecular complexity index is 705. The van der Waals surface area contributed by atoms with Crippen LogP contribution in [-0.4, -0.2) is 30.5 Å². The summed E-state index contributed by atoms with van der Waals surface area (Å²) in [7, 11) is 1.45. The zero-order valence-electron chi connectivity index (χ0n) is 11.8. The van der Waals surface area contributed by atoms with Crippen LogP contribution in [0.4, 0.5) is 10.1 Å². The number of oxime groups is 1. The van der Waals surface area contributed by atoms with Gasteiger partial charge in [0.15, 0.2) is 6.67 Å². The van der Waals surface area contributed by atoms with Crippen LogP contribution in [0.15, 0.2) is 53.7 Å². The van der Waals surface area contributed by atoms with Crippen molar-refractivity contribution in [1.82, 2.24) is 0 Å². The van der Waals surface area contributed by atoms with E-state index >= 15 is 0 Å². The predicted molar refractivity (Wildman–Crippen MR) is 84.7 cm³/mol. The molecule has 0 aliphatic heterocycles. The minimum Gasteiger partial charge on any atom is -0.410 e. The molecule has 114 valence electrons. The van der Waals surface area contributed by atoms with Crippen molar-refractivity contribution in [1.29, 1.82) is 0 Å². The first kappa shape index (κ1) is 16.0. The number of benzene rings is 2. The molecule has 0 saturated heterocycles. The molecule has 0 aliphatic carbocycles. The summed E-state index contributed by atoms with van der Waals surface area (Å²) in [6, 6.07) is 13.7. The molecule has 1 amide bonds. The first-order chi connectivity index (χ1) is 10.6. The zero-order valence-corrected chi connectivity index (χ0v) is 12.6. The molecule has 0 bridgehead atoms. The fourth-order valence-electron chi connectivity index (χ4n) is 2.08. The van der Waals surface area contributed by atoms with Crippen LogP contribution in [0.25, 0.3) is 0 Å². The van der Waals surface area contributed by atoms with Gasteiger partial charge in [0.2, 0.25) is 0 Å².